The minimum Gasteiger partial charge on any atom is -0.378 e. The number of hydrogen-bond donors (Lipinski definition) is 1. The van der Waals surface area contributed by atoms with Gasteiger partial charge in [-0.15, -0.1) is 0 Å². The number of nitrogens with one attached hydrogen (secondary N) is 1. The van der Waals surface area contributed by atoms with Gasteiger partial charge in [0.15, 0.2) is 0 Å². The molecule has 2 nitrogen and oxygen atoms in total. The van der Waals surface area contributed by atoms with Gasteiger partial charge >= 0.3 is 0 Å². The maximum atomic E-state index is 5.45. The Morgan fingerprint density at radius 2 is 2.50 bits per heavy atom. The van der Waals surface area contributed by atoms with Crippen molar-refractivity contribution in [1.82, 2.24) is 5.32 Å². The Kier molecular flexibility index (Phi) is 3.35. The molecule has 76 valence electrons. The zero-order valence-corrected chi connectivity index (χ0v) is 9.09. The lowest BCUT2D eigenvalue weighted by Crippen LogP contribution is -2.46. The highest BCUT2D eigenvalue weighted by Crippen LogP contribution is 2.09. The molecule has 1 aromatic heterocycles. The third-order valence-electron chi connectivity index (χ3n) is 2.23. The van der Waals surface area contributed by atoms with Crippen LogP contribution in [-0.2, 0) is 4.74 Å². The van der Waals surface area contributed by atoms with Gasteiger partial charge in [0.05, 0.1) is 13.2 Å². The SMILES string of the molecule is CC1COCC(/C=C/c2ccsc2)N1. The van der Waals surface area contributed by atoms with Gasteiger partial charge in [0, 0.05) is 12.1 Å². The molecule has 14 heavy (non-hydrogen) atoms. The topological polar surface area (TPSA) is 21.3 Å². The van der Waals surface area contributed by atoms with Gasteiger partial charge in [-0.3, -0.25) is 0 Å². The summed E-state index contributed by atoms with van der Waals surface area (Å²) in [7, 11) is 0. The van der Waals surface area contributed by atoms with Crippen LogP contribution in [0, 0.1) is 0 Å². The summed E-state index contributed by atoms with van der Waals surface area (Å²) in [6, 6.07) is 2.94. The predicted octanol–water partition coefficient (Wildman–Crippen LogP) is 2.14. The molecule has 1 saturated heterocycles. The van der Waals surface area contributed by atoms with Crippen LogP contribution in [0.1, 0.15) is 12.5 Å². The Morgan fingerprint density at radius 1 is 1.57 bits per heavy atom. The predicted molar refractivity (Wildman–Crippen MR) is 60.6 cm³/mol. The molecule has 2 rings (SSSR count). The van der Waals surface area contributed by atoms with Gasteiger partial charge in [-0.2, -0.15) is 11.3 Å². The van der Waals surface area contributed by atoms with E-state index < -0.39 is 0 Å². The van der Waals surface area contributed by atoms with E-state index in [4.69, 9.17) is 4.74 Å². The largest absolute Gasteiger partial charge is 0.378 e. The van der Waals surface area contributed by atoms with E-state index in [0.717, 1.165) is 13.2 Å². The van der Waals surface area contributed by atoms with Crippen molar-refractivity contribution in [3.63, 3.8) is 0 Å². The van der Waals surface area contributed by atoms with Gasteiger partial charge in [-0.05, 0) is 29.3 Å². The lowest BCUT2D eigenvalue weighted by Gasteiger charge is -2.26. The van der Waals surface area contributed by atoms with Crippen molar-refractivity contribution in [3.8, 4) is 0 Å². The fourth-order valence-corrected chi connectivity index (χ4v) is 2.17. The molecule has 0 saturated carbocycles. The van der Waals surface area contributed by atoms with E-state index >= 15 is 0 Å². The molecule has 0 bridgehead atoms. The van der Waals surface area contributed by atoms with Crippen molar-refractivity contribution in [3.05, 3.63) is 28.5 Å². The summed E-state index contributed by atoms with van der Waals surface area (Å²) < 4.78 is 5.45. The van der Waals surface area contributed by atoms with E-state index in [1.165, 1.54) is 5.56 Å². The Balaban J connectivity index is 1.90. The summed E-state index contributed by atoms with van der Waals surface area (Å²) in [5.74, 6) is 0. The lowest BCUT2D eigenvalue weighted by atomic mass is 10.2. The monoisotopic (exact) mass is 209 g/mol. The van der Waals surface area contributed by atoms with E-state index in [2.05, 4.69) is 41.2 Å². The molecule has 0 aliphatic carbocycles. The molecule has 0 amide bonds. The molecule has 1 aliphatic heterocycles. The van der Waals surface area contributed by atoms with E-state index in [9.17, 15) is 0 Å². The molecule has 2 atom stereocenters. The van der Waals surface area contributed by atoms with Gasteiger partial charge in [-0.1, -0.05) is 12.2 Å². The molecule has 2 heterocycles. The maximum Gasteiger partial charge on any atom is 0.0656 e. The third-order valence-corrected chi connectivity index (χ3v) is 2.93. The summed E-state index contributed by atoms with van der Waals surface area (Å²) >= 11 is 1.72. The molecular weight excluding hydrogens is 194 g/mol. The Labute approximate surface area is 88.6 Å². The van der Waals surface area contributed by atoms with Crippen LogP contribution >= 0.6 is 11.3 Å². The molecule has 3 heteroatoms. The smallest absolute Gasteiger partial charge is 0.0656 e. The first-order valence-electron chi connectivity index (χ1n) is 4.89. The van der Waals surface area contributed by atoms with Crippen LogP contribution in [0.2, 0.25) is 0 Å². The number of thiophene rings is 1. The zero-order chi connectivity index (χ0) is 9.80. The van der Waals surface area contributed by atoms with Crippen LogP contribution in [0.5, 0.6) is 0 Å². The molecule has 0 aromatic carbocycles. The number of ether oxygens (including phenoxy) is 1. The second-order valence-electron chi connectivity index (χ2n) is 3.63. The molecule has 0 radical (unpaired) electrons. The van der Waals surface area contributed by atoms with Crippen molar-refractivity contribution < 1.29 is 4.74 Å². The van der Waals surface area contributed by atoms with E-state index in [0.29, 0.717) is 12.1 Å². The standard InChI is InChI=1S/C11H15NOS/c1-9-6-13-7-11(12-9)3-2-10-4-5-14-8-10/h2-5,8-9,11-12H,6-7H2,1H3/b3-2+. The van der Waals surface area contributed by atoms with E-state index in [1.54, 1.807) is 11.3 Å². The fourth-order valence-electron chi connectivity index (χ4n) is 1.54. The molecule has 2 unspecified atom stereocenters. The number of morpholine rings is 1. The van der Waals surface area contributed by atoms with Crippen molar-refractivity contribution in [2.45, 2.75) is 19.0 Å². The van der Waals surface area contributed by atoms with Crippen LogP contribution in [-0.4, -0.2) is 25.3 Å². The first-order chi connectivity index (χ1) is 6.84. The molecule has 1 N–H and O–H groups in total. The Bertz CT molecular complexity index is 294. The molecule has 0 spiro atoms. The first kappa shape index (κ1) is 9.90. The van der Waals surface area contributed by atoms with Gasteiger partial charge in [-0.25, -0.2) is 0 Å². The minimum atomic E-state index is 0.360. The highest BCUT2D eigenvalue weighted by Gasteiger charge is 2.14. The van der Waals surface area contributed by atoms with E-state index in [1.807, 2.05) is 0 Å². The maximum absolute atomic E-state index is 5.45. The first-order valence-corrected chi connectivity index (χ1v) is 5.83. The summed E-state index contributed by atoms with van der Waals surface area (Å²) in [6.45, 7) is 3.75. The van der Waals surface area contributed by atoms with E-state index in [-0.39, 0.29) is 0 Å². The van der Waals surface area contributed by atoms with Crippen LogP contribution in [0.4, 0.5) is 0 Å². The molecule has 1 aliphatic rings. The highest BCUT2D eigenvalue weighted by atomic mass is 32.1. The fraction of sp³-hybridized carbons (Fsp3) is 0.455. The van der Waals surface area contributed by atoms with Crippen molar-refractivity contribution in [2.24, 2.45) is 0 Å². The summed E-state index contributed by atoms with van der Waals surface area (Å²) in [6.07, 6.45) is 4.33. The van der Waals surface area contributed by atoms with Gasteiger partial charge in [0.2, 0.25) is 0 Å². The number of hydrogen-bond acceptors (Lipinski definition) is 3. The van der Waals surface area contributed by atoms with Gasteiger partial charge < -0.3 is 10.1 Å². The number of rotatable bonds is 2. The summed E-state index contributed by atoms with van der Waals surface area (Å²) in [5.41, 5.74) is 1.27. The van der Waals surface area contributed by atoms with Gasteiger partial charge in [0.1, 0.15) is 0 Å². The van der Waals surface area contributed by atoms with Crippen LogP contribution in [0.25, 0.3) is 6.08 Å². The van der Waals surface area contributed by atoms with Crippen molar-refractivity contribution >= 4 is 17.4 Å². The van der Waals surface area contributed by atoms with Crippen LogP contribution in [0.15, 0.2) is 22.9 Å². The average Bonchev–Trinajstić information content (AvgIpc) is 2.67. The second-order valence-corrected chi connectivity index (χ2v) is 4.41. The second kappa shape index (κ2) is 4.73. The molecular formula is C11H15NOS. The average molecular weight is 209 g/mol. The third kappa shape index (κ3) is 2.67. The Hall–Kier alpha value is -0.640. The van der Waals surface area contributed by atoms with Crippen LogP contribution in [0.3, 0.4) is 0 Å². The Morgan fingerprint density at radius 3 is 3.21 bits per heavy atom. The highest BCUT2D eigenvalue weighted by molar-refractivity contribution is 7.08. The lowest BCUT2D eigenvalue weighted by molar-refractivity contribution is 0.0637. The quantitative estimate of drug-likeness (QED) is 0.805. The minimum absolute atomic E-state index is 0.360. The normalized spacial score (nSPS) is 28.4. The molecule has 1 fully saturated rings. The molecule has 1 aromatic rings. The van der Waals surface area contributed by atoms with Crippen molar-refractivity contribution in [2.75, 3.05) is 13.2 Å². The summed E-state index contributed by atoms with van der Waals surface area (Å²) in [4.78, 5) is 0. The van der Waals surface area contributed by atoms with Gasteiger partial charge in [0.25, 0.3) is 0 Å². The van der Waals surface area contributed by atoms with Crippen LogP contribution < -0.4 is 5.32 Å². The summed E-state index contributed by atoms with van der Waals surface area (Å²) in [5, 5.41) is 7.70. The zero-order valence-electron chi connectivity index (χ0n) is 8.27. The van der Waals surface area contributed by atoms with Crippen molar-refractivity contribution in [1.29, 1.82) is 0 Å².